The van der Waals surface area contributed by atoms with E-state index in [-0.39, 0.29) is 12.4 Å². The van der Waals surface area contributed by atoms with Crippen LogP contribution >= 0.6 is 0 Å². The molecule has 0 aromatic heterocycles. The summed E-state index contributed by atoms with van der Waals surface area (Å²) in [5, 5.41) is 11.0. The Hall–Kier alpha value is -0.770. The average molecular weight is 172 g/mol. The first kappa shape index (κ1) is 9.32. The zero-order chi connectivity index (χ0) is 8.81. The molecule has 0 unspecified atom stereocenters. The molecule has 3 N–H and O–H groups in total. The lowest BCUT2D eigenvalue weighted by Crippen LogP contribution is -2.20. The van der Waals surface area contributed by atoms with Gasteiger partial charge in [0.25, 0.3) is 0 Å². The fourth-order valence-corrected chi connectivity index (χ4v) is 1.24. The van der Waals surface area contributed by atoms with Gasteiger partial charge in [-0.25, -0.2) is 0 Å². The summed E-state index contributed by atoms with van der Waals surface area (Å²) in [5.41, 5.74) is 5.21. The van der Waals surface area contributed by atoms with Crippen LogP contribution in [0.5, 0.6) is 0 Å². The fraction of sp³-hybridized carbons (Fsp3) is 0.875. The minimum absolute atomic E-state index is 0.142. The van der Waals surface area contributed by atoms with Gasteiger partial charge in [-0.15, -0.1) is 0 Å². The van der Waals surface area contributed by atoms with Crippen LogP contribution in [0.4, 0.5) is 0 Å². The number of rotatable bonds is 5. The molecule has 1 saturated carbocycles. The number of nitrogens with two attached hydrogens (primary N) is 1. The van der Waals surface area contributed by atoms with Crippen LogP contribution in [0.3, 0.4) is 0 Å². The summed E-state index contributed by atoms with van der Waals surface area (Å²) in [6, 6.07) is 0. The minimum Gasteiger partial charge on any atom is -0.409 e. The largest absolute Gasteiger partial charge is 0.409 e. The molecule has 0 aromatic rings. The van der Waals surface area contributed by atoms with Gasteiger partial charge in [0.05, 0.1) is 0 Å². The molecule has 0 heterocycles. The Balaban J connectivity index is 1.88. The van der Waals surface area contributed by atoms with Gasteiger partial charge in [-0.05, 0) is 12.3 Å². The van der Waals surface area contributed by atoms with E-state index in [0.29, 0.717) is 0 Å². The van der Waals surface area contributed by atoms with Crippen LogP contribution in [-0.2, 0) is 4.74 Å². The molecule has 70 valence electrons. The summed E-state index contributed by atoms with van der Waals surface area (Å²) in [5.74, 6) is 1.00. The standard InChI is InChI=1S/C8H16N2O2/c9-8(10-11)6-12-5-4-7-2-1-3-7/h7,11H,1-6H2,(H2,9,10). The molecule has 0 atom stereocenters. The topological polar surface area (TPSA) is 67.8 Å². The van der Waals surface area contributed by atoms with E-state index in [1.165, 1.54) is 19.3 Å². The molecule has 1 aliphatic carbocycles. The maximum Gasteiger partial charge on any atom is 0.165 e. The average Bonchev–Trinajstić information content (AvgIpc) is 2.00. The van der Waals surface area contributed by atoms with Crippen LogP contribution in [-0.4, -0.2) is 24.3 Å². The lowest BCUT2D eigenvalue weighted by Gasteiger charge is -2.24. The first-order valence-corrected chi connectivity index (χ1v) is 4.37. The molecule has 0 aliphatic heterocycles. The third-order valence-corrected chi connectivity index (χ3v) is 2.27. The number of amidine groups is 1. The van der Waals surface area contributed by atoms with Crippen LogP contribution in [0.2, 0.25) is 0 Å². The van der Waals surface area contributed by atoms with E-state index in [0.717, 1.165) is 18.9 Å². The Kier molecular flexibility index (Phi) is 3.87. The SMILES string of the molecule is NC(COCCC1CCC1)=NO. The predicted octanol–water partition coefficient (Wildman–Crippen LogP) is 0.940. The molecular formula is C8H16N2O2. The molecule has 0 spiro atoms. The highest BCUT2D eigenvalue weighted by Crippen LogP contribution is 2.28. The van der Waals surface area contributed by atoms with E-state index < -0.39 is 0 Å². The zero-order valence-corrected chi connectivity index (χ0v) is 7.20. The second-order valence-electron chi connectivity index (χ2n) is 3.23. The van der Waals surface area contributed by atoms with Crippen molar-refractivity contribution in [3.63, 3.8) is 0 Å². The highest BCUT2D eigenvalue weighted by Gasteiger charge is 2.16. The highest BCUT2D eigenvalue weighted by atomic mass is 16.5. The second kappa shape index (κ2) is 4.98. The molecule has 0 radical (unpaired) electrons. The Labute approximate surface area is 72.4 Å². The summed E-state index contributed by atoms with van der Waals surface area (Å²) in [6.45, 7) is 0.962. The van der Waals surface area contributed by atoms with Crippen molar-refractivity contribution in [2.45, 2.75) is 25.7 Å². The third kappa shape index (κ3) is 3.09. The van der Waals surface area contributed by atoms with Gasteiger partial charge in [-0.2, -0.15) is 0 Å². The number of ether oxygens (including phenoxy) is 1. The lowest BCUT2D eigenvalue weighted by atomic mass is 9.83. The molecule has 1 fully saturated rings. The molecule has 0 bridgehead atoms. The van der Waals surface area contributed by atoms with Crippen molar-refractivity contribution in [3.05, 3.63) is 0 Å². The van der Waals surface area contributed by atoms with Crippen molar-refractivity contribution in [2.75, 3.05) is 13.2 Å². The maximum absolute atomic E-state index is 8.18. The number of hydrogen-bond acceptors (Lipinski definition) is 3. The quantitative estimate of drug-likeness (QED) is 0.213. The van der Waals surface area contributed by atoms with Crippen LogP contribution < -0.4 is 5.73 Å². The van der Waals surface area contributed by atoms with Gasteiger partial charge in [-0.1, -0.05) is 24.4 Å². The number of hydrogen-bond donors (Lipinski definition) is 2. The van der Waals surface area contributed by atoms with Gasteiger partial charge in [0, 0.05) is 6.61 Å². The van der Waals surface area contributed by atoms with Gasteiger partial charge >= 0.3 is 0 Å². The van der Waals surface area contributed by atoms with Crippen molar-refractivity contribution in [3.8, 4) is 0 Å². The van der Waals surface area contributed by atoms with E-state index >= 15 is 0 Å². The molecular weight excluding hydrogens is 156 g/mol. The molecule has 12 heavy (non-hydrogen) atoms. The van der Waals surface area contributed by atoms with Gasteiger partial charge < -0.3 is 15.7 Å². The smallest absolute Gasteiger partial charge is 0.165 e. The summed E-state index contributed by atoms with van der Waals surface area (Å²) in [4.78, 5) is 0. The van der Waals surface area contributed by atoms with Gasteiger partial charge in [-0.3, -0.25) is 0 Å². The molecule has 1 rings (SSSR count). The molecule has 0 saturated heterocycles. The van der Waals surface area contributed by atoms with E-state index in [1.807, 2.05) is 0 Å². The van der Waals surface area contributed by atoms with E-state index in [9.17, 15) is 0 Å². The van der Waals surface area contributed by atoms with E-state index in [1.54, 1.807) is 0 Å². The summed E-state index contributed by atoms with van der Waals surface area (Å²) >= 11 is 0. The third-order valence-electron chi connectivity index (χ3n) is 2.27. The second-order valence-corrected chi connectivity index (χ2v) is 3.23. The zero-order valence-electron chi connectivity index (χ0n) is 7.20. The monoisotopic (exact) mass is 172 g/mol. The van der Waals surface area contributed by atoms with Crippen molar-refractivity contribution in [1.82, 2.24) is 0 Å². The van der Waals surface area contributed by atoms with Gasteiger partial charge in [0.15, 0.2) is 5.84 Å². The van der Waals surface area contributed by atoms with Crippen molar-refractivity contribution in [2.24, 2.45) is 16.8 Å². The van der Waals surface area contributed by atoms with Crippen molar-refractivity contribution >= 4 is 5.84 Å². The van der Waals surface area contributed by atoms with Crippen molar-refractivity contribution < 1.29 is 9.94 Å². The fourth-order valence-electron chi connectivity index (χ4n) is 1.24. The highest BCUT2D eigenvalue weighted by molar-refractivity contribution is 5.80. The van der Waals surface area contributed by atoms with Crippen LogP contribution in [0.1, 0.15) is 25.7 Å². The van der Waals surface area contributed by atoms with Crippen LogP contribution in [0.15, 0.2) is 5.16 Å². The molecule has 4 nitrogen and oxygen atoms in total. The van der Waals surface area contributed by atoms with E-state index in [4.69, 9.17) is 15.7 Å². The molecule has 0 aromatic carbocycles. The summed E-state index contributed by atoms with van der Waals surface area (Å²) in [7, 11) is 0. The maximum atomic E-state index is 8.18. The Morgan fingerprint density at radius 2 is 2.33 bits per heavy atom. The predicted molar refractivity (Wildman–Crippen MR) is 46.2 cm³/mol. The first-order chi connectivity index (χ1) is 5.83. The Morgan fingerprint density at radius 1 is 1.58 bits per heavy atom. The summed E-state index contributed by atoms with van der Waals surface area (Å²) < 4.78 is 5.18. The molecule has 0 amide bonds. The number of nitrogens with zero attached hydrogens (tertiary/aromatic N) is 1. The lowest BCUT2D eigenvalue weighted by molar-refractivity contribution is 0.132. The molecule has 4 heteroatoms. The minimum atomic E-state index is 0.142. The van der Waals surface area contributed by atoms with Gasteiger partial charge in [0.1, 0.15) is 6.61 Å². The van der Waals surface area contributed by atoms with Crippen LogP contribution in [0, 0.1) is 5.92 Å². The first-order valence-electron chi connectivity index (χ1n) is 4.37. The Bertz CT molecular complexity index is 155. The van der Waals surface area contributed by atoms with Gasteiger partial charge in [0.2, 0.25) is 0 Å². The number of oxime groups is 1. The van der Waals surface area contributed by atoms with E-state index in [2.05, 4.69) is 5.16 Å². The van der Waals surface area contributed by atoms with Crippen molar-refractivity contribution in [1.29, 1.82) is 0 Å². The summed E-state index contributed by atoms with van der Waals surface area (Å²) in [6.07, 6.45) is 5.16. The molecule has 1 aliphatic rings. The Morgan fingerprint density at radius 3 is 2.83 bits per heavy atom. The normalized spacial score (nSPS) is 19.2. The van der Waals surface area contributed by atoms with Crippen LogP contribution in [0.25, 0.3) is 0 Å².